The van der Waals surface area contributed by atoms with Gasteiger partial charge in [-0.1, -0.05) is 274 Å². The van der Waals surface area contributed by atoms with Crippen molar-refractivity contribution in [2.24, 2.45) is 0 Å². The number of unbranched alkanes of at least 4 members (excludes halogenated alkanes) is 37. The maximum absolute atomic E-state index is 13.0. The Morgan fingerprint density at radius 1 is 0.459 bits per heavy atom. The molecule has 0 aliphatic heterocycles. The van der Waals surface area contributed by atoms with E-state index in [4.69, 9.17) is 9.05 Å². The van der Waals surface area contributed by atoms with E-state index < -0.39 is 20.0 Å². The van der Waals surface area contributed by atoms with Gasteiger partial charge in [0.25, 0.3) is 0 Å². The van der Waals surface area contributed by atoms with Crippen molar-refractivity contribution in [2.45, 2.75) is 309 Å². The minimum atomic E-state index is -4.37. The molecule has 0 bridgehead atoms. The number of aliphatic hydroxyl groups excluding tert-OH is 1. The highest BCUT2D eigenvalue weighted by atomic mass is 31.2. The van der Waals surface area contributed by atoms with E-state index in [1.165, 1.54) is 225 Å². The highest BCUT2D eigenvalue weighted by Crippen LogP contribution is 2.43. The molecule has 9 heteroatoms. The number of phosphoric acid groups is 1. The van der Waals surface area contributed by atoms with Gasteiger partial charge in [-0.05, 0) is 77.0 Å². The summed E-state index contributed by atoms with van der Waals surface area (Å²) in [7, 11) is 1.55. The Balaban J connectivity index is 4.22. The summed E-state index contributed by atoms with van der Waals surface area (Å²) in [5.74, 6) is -0.191. The molecule has 0 aromatic carbocycles. The predicted octanol–water partition coefficient (Wildman–Crippen LogP) is 19.7. The molecule has 0 radical (unpaired) electrons. The summed E-state index contributed by atoms with van der Waals surface area (Å²) in [4.78, 5) is 23.3. The Morgan fingerprint density at radius 2 is 0.784 bits per heavy atom. The lowest BCUT2D eigenvalue weighted by molar-refractivity contribution is -0.870. The van der Waals surface area contributed by atoms with Crippen molar-refractivity contribution < 1.29 is 32.9 Å². The first-order valence-corrected chi connectivity index (χ1v) is 33.2. The summed E-state index contributed by atoms with van der Waals surface area (Å²) in [6, 6.07) is -0.874. The van der Waals surface area contributed by atoms with Crippen LogP contribution in [0, 0.1) is 0 Å². The van der Waals surface area contributed by atoms with Gasteiger partial charge in [0.2, 0.25) is 5.91 Å². The van der Waals surface area contributed by atoms with Gasteiger partial charge in [0, 0.05) is 6.42 Å². The molecule has 0 saturated heterocycles. The first-order chi connectivity index (χ1) is 36.0. The Bertz CT molecular complexity index is 1390. The lowest BCUT2D eigenvalue weighted by atomic mass is 10.0. The van der Waals surface area contributed by atoms with Gasteiger partial charge in [0.1, 0.15) is 13.2 Å². The predicted molar refractivity (Wildman–Crippen MR) is 323 cm³/mol. The van der Waals surface area contributed by atoms with Crippen LogP contribution in [0.1, 0.15) is 296 Å². The molecule has 0 aliphatic rings. The summed E-state index contributed by atoms with van der Waals surface area (Å²) in [6.45, 7) is 4.82. The van der Waals surface area contributed by atoms with E-state index in [1.807, 2.05) is 27.2 Å². The van der Waals surface area contributed by atoms with Gasteiger partial charge in [-0.25, -0.2) is 4.57 Å². The Hall–Kier alpha value is -1.80. The molecule has 0 aromatic heterocycles. The molecular weight excluding hydrogens is 936 g/mol. The summed E-state index contributed by atoms with van der Waals surface area (Å²) < 4.78 is 23.7. The Kier molecular flexibility index (Phi) is 54.6. The van der Waals surface area contributed by atoms with Crippen molar-refractivity contribution in [3.05, 3.63) is 60.8 Å². The van der Waals surface area contributed by atoms with Crippen molar-refractivity contribution in [3.8, 4) is 0 Å². The molecule has 1 amide bonds. The minimum absolute atomic E-state index is 0.0518. The number of aliphatic hydroxyl groups is 1. The number of hydrogen-bond donors (Lipinski definition) is 3. The maximum Gasteiger partial charge on any atom is 0.472 e. The van der Waals surface area contributed by atoms with Crippen LogP contribution in [-0.4, -0.2) is 73.4 Å². The number of nitrogens with zero attached hydrogens (tertiary/aromatic N) is 1. The van der Waals surface area contributed by atoms with E-state index in [0.717, 1.165) is 51.4 Å². The van der Waals surface area contributed by atoms with Crippen LogP contribution in [0.3, 0.4) is 0 Å². The molecule has 74 heavy (non-hydrogen) atoms. The fourth-order valence-electron chi connectivity index (χ4n) is 9.22. The van der Waals surface area contributed by atoms with E-state index in [-0.39, 0.29) is 19.1 Å². The number of quaternary nitrogens is 1. The van der Waals surface area contributed by atoms with Crippen LogP contribution in [0.4, 0.5) is 0 Å². The van der Waals surface area contributed by atoms with Crippen LogP contribution in [0.2, 0.25) is 0 Å². The normalized spacial score (nSPS) is 14.2. The Labute approximate surface area is 460 Å². The summed E-state index contributed by atoms with van der Waals surface area (Å²) in [5, 5.41) is 13.9. The van der Waals surface area contributed by atoms with Crippen molar-refractivity contribution in [1.82, 2.24) is 5.32 Å². The first kappa shape index (κ1) is 72.2. The van der Waals surface area contributed by atoms with E-state index >= 15 is 0 Å². The van der Waals surface area contributed by atoms with Gasteiger partial charge >= 0.3 is 7.82 Å². The summed E-state index contributed by atoms with van der Waals surface area (Å²) >= 11 is 0. The number of carbonyl (C=O) groups is 1. The third-order valence-electron chi connectivity index (χ3n) is 14.2. The van der Waals surface area contributed by atoms with Crippen molar-refractivity contribution in [1.29, 1.82) is 0 Å². The molecule has 0 aromatic rings. The number of phosphoric ester groups is 1. The number of carbonyl (C=O) groups excluding carboxylic acids is 1. The largest absolute Gasteiger partial charge is 0.472 e. The molecule has 0 heterocycles. The molecule has 0 aliphatic carbocycles. The van der Waals surface area contributed by atoms with Crippen molar-refractivity contribution in [3.63, 3.8) is 0 Å². The van der Waals surface area contributed by atoms with Crippen LogP contribution >= 0.6 is 7.82 Å². The average Bonchev–Trinajstić information content (AvgIpc) is 3.36. The first-order valence-electron chi connectivity index (χ1n) is 31.7. The minimum Gasteiger partial charge on any atom is -0.387 e. The number of likely N-dealkylation sites (N-methyl/N-ethyl adjacent to an activating group) is 1. The summed E-state index contributed by atoms with van der Waals surface area (Å²) in [5.41, 5.74) is 0. The van der Waals surface area contributed by atoms with Crippen LogP contribution < -0.4 is 5.32 Å². The zero-order valence-electron chi connectivity index (χ0n) is 49.6. The monoisotopic (exact) mass is 1060 g/mol. The fourth-order valence-corrected chi connectivity index (χ4v) is 9.96. The lowest BCUT2D eigenvalue weighted by Crippen LogP contribution is -2.45. The zero-order chi connectivity index (χ0) is 54.2. The van der Waals surface area contributed by atoms with Crippen LogP contribution in [-0.2, 0) is 18.4 Å². The highest BCUT2D eigenvalue weighted by Gasteiger charge is 2.27. The third kappa shape index (κ3) is 57.9. The fraction of sp³-hybridized carbons (Fsp3) is 0.831. The van der Waals surface area contributed by atoms with Gasteiger partial charge in [-0.2, -0.15) is 0 Å². The Morgan fingerprint density at radius 3 is 1.16 bits per heavy atom. The highest BCUT2D eigenvalue weighted by molar-refractivity contribution is 7.47. The second kappa shape index (κ2) is 55.9. The van der Waals surface area contributed by atoms with E-state index in [1.54, 1.807) is 6.08 Å². The number of hydrogen-bond acceptors (Lipinski definition) is 5. The number of rotatable bonds is 58. The van der Waals surface area contributed by atoms with Crippen molar-refractivity contribution in [2.75, 3.05) is 40.9 Å². The van der Waals surface area contributed by atoms with Gasteiger partial charge in [-0.3, -0.25) is 13.8 Å². The standard InChI is InChI=1S/C65H123N2O6P/c1-6-8-10-12-14-16-18-20-22-24-26-28-30-32-33-35-37-39-41-43-45-47-49-51-53-55-57-59-65(69)66-63(62-73-74(70,71)72-61-60-67(3,4)5)64(68)58-56-54-52-50-48-46-44-42-40-38-36-34-31-29-27-25-23-21-19-17-15-13-11-9-7-2/h26,28,32-33,40,42,48,50,56,58,63-64,68H,6-25,27,29-31,34-39,41,43-47,49,51-55,57,59-62H2,1-5H3,(H-,66,69,70,71)/p+1/b28-26-,33-32-,42-40+,50-48+,58-56+. The van der Waals surface area contributed by atoms with E-state index in [2.05, 4.69) is 67.8 Å². The van der Waals surface area contributed by atoms with E-state index in [9.17, 15) is 19.4 Å². The topological polar surface area (TPSA) is 105 Å². The average molecular weight is 1060 g/mol. The van der Waals surface area contributed by atoms with Gasteiger partial charge in [-0.15, -0.1) is 0 Å². The smallest absolute Gasteiger partial charge is 0.387 e. The SMILES string of the molecule is CCCCCCCCCCC/C=C\C/C=C\CCCCCCCCCCCCCC(=O)NC(COP(=O)(O)OCC[N+](C)(C)C)C(O)/C=C/CC/C=C/CC/C=C/CCCCCCCCCCCCCCCCC. The quantitative estimate of drug-likeness (QED) is 0.0243. The van der Waals surface area contributed by atoms with Crippen LogP contribution in [0.5, 0.6) is 0 Å². The number of allylic oxidation sites excluding steroid dienone is 9. The molecule has 3 unspecified atom stereocenters. The molecule has 0 rings (SSSR count). The lowest BCUT2D eigenvalue weighted by Gasteiger charge is -2.25. The molecule has 0 fully saturated rings. The molecule has 8 nitrogen and oxygen atoms in total. The zero-order valence-corrected chi connectivity index (χ0v) is 50.5. The summed E-state index contributed by atoms with van der Waals surface area (Å²) in [6.07, 6.45) is 76.3. The number of nitrogens with one attached hydrogen (secondary N) is 1. The molecular formula is C65H124N2O6P+. The second-order valence-corrected chi connectivity index (χ2v) is 24.2. The molecule has 434 valence electrons. The van der Waals surface area contributed by atoms with Crippen LogP contribution in [0.15, 0.2) is 60.8 Å². The van der Waals surface area contributed by atoms with Gasteiger partial charge in [0.05, 0.1) is 39.9 Å². The van der Waals surface area contributed by atoms with Crippen molar-refractivity contribution >= 4 is 13.7 Å². The maximum atomic E-state index is 13.0. The number of amides is 1. The van der Waals surface area contributed by atoms with Gasteiger partial charge < -0.3 is 19.8 Å². The molecule has 0 saturated carbocycles. The second-order valence-electron chi connectivity index (χ2n) is 22.8. The molecule has 0 spiro atoms. The third-order valence-corrected chi connectivity index (χ3v) is 15.2. The molecule has 3 N–H and O–H groups in total. The van der Waals surface area contributed by atoms with E-state index in [0.29, 0.717) is 17.4 Å². The molecule has 3 atom stereocenters. The van der Waals surface area contributed by atoms with Crippen LogP contribution in [0.25, 0.3) is 0 Å². The van der Waals surface area contributed by atoms with Gasteiger partial charge in [0.15, 0.2) is 0 Å².